The lowest BCUT2D eigenvalue weighted by Crippen LogP contribution is -2.48. The summed E-state index contributed by atoms with van der Waals surface area (Å²) in [6.45, 7) is 70.0. The normalized spacial score (nSPS) is 20.8. The molecule has 5 fully saturated rings. The Balaban J connectivity index is 0.000000413. The van der Waals surface area contributed by atoms with Gasteiger partial charge in [0.2, 0.25) is 0 Å². The Bertz CT molecular complexity index is 879. The van der Waals surface area contributed by atoms with Gasteiger partial charge in [-0.1, -0.05) is 138 Å². The predicted octanol–water partition coefficient (Wildman–Crippen LogP) is 14.0. The average molecular weight is 932 g/mol. The van der Waals surface area contributed by atoms with Crippen molar-refractivity contribution in [1.29, 1.82) is 0 Å². The number of likely N-dealkylation sites (tertiary alicyclic amines) is 4. The first-order valence-corrected chi connectivity index (χ1v) is 29.2. The Morgan fingerprint density at radius 3 is 0.606 bits per heavy atom. The molecule has 5 heterocycles. The van der Waals surface area contributed by atoms with E-state index in [-0.39, 0.29) is 0 Å². The fraction of sp³-hybridized carbons (Fsp3) is 1.00. The average Bonchev–Trinajstić information content (AvgIpc) is 3.15. The Hall–Kier alpha value is -0.240. The van der Waals surface area contributed by atoms with E-state index in [0.717, 1.165) is 82.9 Å². The molecule has 66 heavy (non-hydrogen) atoms. The van der Waals surface area contributed by atoms with Gasteiger partial charge in [-0.2, -0.15) is 0 Å². The summed E-state index contributed by atoms with van der Waals surface area (Å²) in [5.41, 5.74) is 0. The van der Waals surface area contributed by atoms with Crippen molar-refractivity contribution in [3.63, 3.8) is 0 Å². The van der Waals surface area contributed by atoms with Gasteiger partial charge >= 0.3 is 0 Å². The van der Waals surface area contributed by atoms with Crippen LogP contribution >= 0.6 is 0 Å². The molecule has 0 aromatic carbocycles. The molecule has 0 spiro atoms. The van der Waals surface area contributed by atoms with E-state index in [1.54, 1.807) is 0 Å². The summed E-state index contributed by atoms with van der Waals surface area (Å²) in [7, 11) is 0. The molecule has 5 aliphatic heterocycles. The highest BCUT2D eigenvalue weighted by atomic mass is 15.3. The van der Waals surface area contributed by atoms with Crippen molar-refractivity contribution >= 4 is 0 Å². The first-order chi connectivity index (χ1) is 30.9. The molecule has 0 bridgehead atoms. The Morgan fingerprint density at radius 2 is 0.409 bits per heavy atom. The molecule has 0 N–H and O–H groups in total. The third-order valence-electron chi connectivity index (χ3n) is 13.9. The van der Waals surface area contributed by atoms with E-state index in [1.807, 2.05) is 0 Å². The first kappa shape index (κ1) is 63.8. The third kappa shape index (κ3) is 34.1. The van der Waals surface area contributed by atoms with Crippen molar-refractivity contribution in [2.75, 3.05) is 118 Å². The number of nitrogens with zero attached hydrogens (tertiary/aromatic N) is 6. The van der Waals surface area contributed by atoms with Crippen LogP contribution in [0.3, 0.4) is 0 Å². The Labute approximate surface area is 418 Å². The van der Waals surface area contributed by atoms with Crippen LogP contribution in [0.25, 0.3) is 0 Å². The van der Waals surface area contributed by atoms with Crippen LogP contribution in [0.2, 0.25) is 0 Å². The van der Waals surface area contributed by atoms with Crippen molar-refractivity contribution in [2.24, 2.45) is 82.9 Å². The molecule has 0 unspecified atom stereocenters. The maximum Gasteiger partial charge on any atom is 0.0110 e. The van der Waals surface area contributed by atoms with Crippen molar-refractivity contribution in [2.45, 2.75) is 190 Å². The first-order valence-electron chi connectivity index (χ1n) is 29.2. The molecule has 5 rings (SSSR count). The molecule has 0 radical (unpaired) electrons. The zero-order valence-corrected chi connectivity index (χ0v) is 49.2. The highest BCUT2D eigenvalue weighted by molar-refractivity contribution is 4.82. The fourth-order valence-electron chi connectivity index (χ4n) is 11.7. The van der Waals surface area contributed by atoms with E-state index < -0.39 is 0 Å². The summed E-state index contributed by atoms with van der Waals surface area (Å²) in [6.07, 6.45) is 11.5. The summed E-state index contributed by atoms with van der Waals surface area (Å²) in [4.78, 5) is 15.6. The lowest BCUT2D eigenvalue weighted by molar-refractivity contribution is 0.0734. The second-order valence-corrected chi connectivity index (χ2v) is 27.1. The second-order valence-electron chi connectivity index (χ2n) is 27.1. The van der Waals surface area contributed by atoms with Crippen LogP contribution in [-0.2, 0) is 0 Å². The molecule has 6 heteroatoms. The summed E-state index contributed by atoms with van der Waals surface area (Å²) < 4.78 is 0. The molecule has 5 aliphatic rings. The van der Waals surface area contributed by atoms with Gasteiger partial charge in [-0.05, 0) is 160 Å². The number of piperidine rings is 2. The van der Waals surface area contributed by atoms with Crippen LogP contribution in [0.1, 0.15) is 190 Å². The predicted molar refractivity (Wildman–Crippen MR) is 298 cm³/mol. The zero-order chi connectivity index (χ0) is 49.9. The maximum absolute atomic E-state index is 2.64. The molecular formula is C60H126N6. The number of rotatable bonds is 20. The minimum Gasteiger partial charge on any atom is -0.303 e. The highest BCUT2D eigenvalue weighted by Gasteiger charge is 2.28. The summed E-state index contributed by atoms with van der Waals surface area (Å²) in [6, 6.07) is 0. The lowest BCUT2D eigenvalue weighted by atomic mass is 9.88. The number of hydrogen-bond acceptors (Lipinski definition) is 6. The largest absolute Gasteiger partial charge is 0.303 e. The van der Waals surface area contributed by atoms with E-state index in [0.29, 0.717) is 0 Å². The number of piperazine rings is 1. The molecule has 6 nitrogen and oxygen atoms in total. The van der Waals surface area contributed by atoms with Gasteiger partial charge in [-0.15, -0.1) is 0 Å². The van der Waals surface area contributed by atoms with Crippen LogP contribution in [-0.4, -0.2) is 147 Å². The summed E-state index contributed by atoms with van der Waals surface area (Å²) in [5.74, 6) is 12.5. The molecule has 0 amide bonds. The molecular weight excluding hydrogens is 805 g/mol. The van der Waals surface area contributed by atoms with Gasteiger partial charge in [0.1, 0.15) is 0 Å². The third-order valence-corrected chi connectivity index (χ3v) is 13.9. The highest BCUT2D eigenvalue weighted by Crippen LogP contribution is 2.27. The maximum atomic E-state index is 2.64. The van der Waals surface area contributed by atoms with Crippen LogP contribution < -0.4 is 0 Å². The van der Waals surface area contributed by atoms with Gasteiger partial charge in [0.15, 0.2) is 0 Å². The monoisotopic (exact) mass is 931 g/mol. The van der Waals surface area contributed by atoms with E-state index in [2.05, 4.69) is 168 Å². The second kappa shape index (κ2) is 35.8. The van der Waals surface area contributed by atoms with Gasteiger partial charge in [0.25, 0.3) is 0 Å². The van der Waals surface area contributed by atoms with Gasteiger partial charge < -0.3 is 29.4 Å². The van der Waals surface area contributed by atoms with Crippen molar-refractivity contribution in [3.05, 3.63) is 0 Å². The zero-order valence-electron chi connectivity index (χ0n) is 49.2. The molecule has 5 saturated heterocycles. The van der Waals surface area contributed by atoms with Gasteiger partial charge in [-0.25, -0.2) is 0 Å². The molecule has 0 atom stereocenters. The van der Waals surface area contributed by atoms with Crippen molar-refractivity contribution in [1.82, 2.24) is 29.4 Å². The topological polar surface area (TPSA) is 19.4 Å². The minimum atomic E-state index is 0.812. The van der Waals surface area contributed by atoms with Crippen LogP contribution in [0, 0.1) is 82.9 Å². The van der Waals surface area contributed by atoms with Gasteiger partial charge in [-0.3, -0.25) is 0 Å². The van der Waals surface area contributed by atoms with Crippen LogP contribution in [0.15, 0.2) is 0 Å². The van der Waals surface area contributed by atoms with Gasteiger partial charge in [0.05, 0.1) is 0 Å². The van der Waals surface area contributed by atoms with Crippen molar-refractivity contribution < 1.29 is 0 Å². The van der Waals surface area contributed by atoms with E-state index in [4.69, 9.17) is 0 Å². The summed E-state index contributed by atoms with van der Waals surface area (Å²) in [5, 5.41) is 0. The van der Waals surface area contributed by atoms with E-state index in [1.165, 1.54) is 169 Å². The lowest BCUT2D eigenvalue weighted by Gasteiger charge is -2.41. The standard InChI is InChI=1S/2C13H27N.C12H26N2.2C11H23N/c3*1-11(2)9-13-5-7-14(8-6-13)10-12(3)4;2*1-9(2)5-11-7-12(8-11)6-10(3)4/h2*11-13H,5-10H2,1-4H3;11-12H,5-10H2,1-4H3;2*9-11H,5-8H2,1-4H3. The van der Waals surface area contributed by atoms with Crippen LogP contribution in [0.4, 0.5) is 0 Å². The molecule has 0 saturated carbocycles. The number of hydrogen-bond donors (Lipinski definition) is 0. The van der Waals surface area contributed by atoms with E-state index >= 15 is 0 Å². The molecule has 0 aromatic heterocycles. The minimum absolute atomic E-state index is 0.812. The summed E-state index contributed by atoms with van der Waals surface area (Å²) >= 11 is 0. The SMILES string of the molecule is CC(C)CC1CCN(CC(C)C)CC1.CC(C)CC1CCN(CC(C)C)CC1.CC(C)CC1CN(CC(C)C)C1.CC(C)CC1CN(CC(C)C)C1.CC(C)CN1CCN(CC(C)C)CC1. The smallest absolute Gasteiger partial charge is 0.0110 e. The fourth-order valence-corrected chi connectivity index (χ4v) is 11.7. The Morgan fingerprint density at radius 1 is 0.227 bits per heavy atom. The quantitative estimate of drug-likeness (QED) is 0.120. The van der Waals surface area contributed by atoms with E-state index in [9.17, 15) is 0 Å². The molecule has 396 valence electrons. The Kier molecular flexibility index (Phi) is 34.6. The molecule has 0 aliphatic carbocycles. The van der Waals surface area contributed by atoms with Gasteiger partial charge in [0, 0.05) is 91.6 Å². The van der Waals surface area contributed by atoms with Crippen LogP contribution in [0.5, 0.6) is 0 Å². The molecule has 0 aromatic rings. The van der Waals surface area contributed by atoms with Crippen molar-refractivity contribution in [3.8, 4) is 0 Å².